The van der Waals surface area contributed by atoms with Crippen LogP contribution in [0.1, 0.15) is 79.9 Å². The summed E-state index contributed by atoms with van der Waals surface area (Å²) in [5, 5.41) is 18.2. The van der Waals surface area contributed by atoms with Crippen LogP contribution in [0.25, 0.3) is 0 Å². The molecule has 1 aliphatic heterocycles. The molecule has 2 aromatic rings. The summed E-state index contributed by atoms with van der Waals surface area (Å²) >= 11 is 0. The number of carboxylic acid groups (broad SMARTS) is 2. The summed E-state index contributed by atoms with van der Waals surface area (Å²) in [6.45, 7) is 2.23. The Labute approximate surface area is 208 Å². The monoisotopic (exact) mass is 498 g/mol. The minimum absolute atomic E-state index is 0.197. The third kappa shape index (κ3) is 5.58. The summed E-state index contributed by atoms with van der Waals surface area (Å²) in [5.41, 5.74) is 1.30. The van der Waals surface area contributed by atoms with E-state index in [2.05, 4.69) is 18.8 Å². The highest BCUT2D eigenvalue weighted by Crippen LogP contribution is 2.37. The van der Waals surface area contributed by atoms with Crippen molar-refractivity contribution >= 4 is 11.9 Å². The number of rotatable bonds is 6. The molecule has 1 aliphatic carbocycles. The quantitative estimate of drug-likeness (QED) is 0.519. The van der Waals surface area contributed by atoms with Gasteiger partial charge in [-0.25, -0.2) is 18.4 Å². The van der Waals surface area contributed by atoms with E-state index in [9.17, 15) is 18.4 Å². The molecule has 2 aromatic carbocycles. The SMILES string of the molecule is CCCC1CCC(c2ccc(C#Cc3ccc(C4O[C@@H](C(=O)O)[C@H](C(=O)O)O4)c(F)c3F)cc2)CC1. The second kappa shape index (κ2) is 11.2. The van der Waals surface area contributed by atoms with E-state index >= 15 is 0 Å². The Bertz CT molecular complexity index is 1150. The Hall–Kier alpha value is -3.28. The number of halogens is 2. The number of carbonyl (C=O) groups is 2. The Morgan fingerprint density at radius 2 is 1.50 bits per heavy atom. The zero-order valence-electron chi connectivity index (χ0n) is 19.9. The summed E-state index contributed by atoms with van der Waals surface area (Å²) in [6.07, 6.45) is 2.04. The third-order valence-corrected chi connectivity index (χ3v) is 6.94. The van der Waals surface area contributed by atoms with Gasteiger partial charge in [0.15, 0.2) is 30.1 Å². The molecule has 0 aromatic heterocycles. The van der Waals surface area contributed by atoms with E-state index in [-0.39, 0.29) is 5.56 Å². The van der Waals surface area contributed by atoms with Gasteiger partial charge in [-0.2, -0.15) is 0 Å². The summed E-state index contributed by atoms with van der Waals surface area (Å²) in [7, 11) is 0. The van der Waals surface area contributed by atoms with Crippen LogP contribution >= 0.6 is 0 Å². The van der Waals surface area contributed by atoms with Crippen LogP contribution in [-0.2, 0) is 19.1 Å². The van der Waals surface area contributed by atoms with Gasteiger partial charge in [0, 0.05) is 11.1 Å². The molecular formula is C28H28F2O6. The Morgan fingerprint density at radius 3 is 2.06 bits per heavy atom. The number of aliphatic carboxylic acids is 2. The van der Waals surface area contributed by atoms with E-state index in [1.54, 1.807) is 0 Å². The van der Waals surface area contributed by atoms with E-state index < -0.39 is 47.6 Å². The first-order valence-corrected chi connectivity index (χ1v) is 12.1. The van der Waals surface area contributed by atoms with Gasteiger partial charge in [0.1, 0.15) is 0 Å². The molecule has 1 saturated heterocycles. The molecule has 1 heterocycles. The molecule has 0 radical (unpaired) electrons. The number of hydrogen-bond acceptors (Lipinski definition) is 4. The first-order valence-electron chi connectivity index (χ1n) is 12.1. The van der Waals surface area contributed by atoms with Gasteiger partial charge in [-0.15, -0.1) is 0 Å². The number of hydrogen-bond donors (Lipinski definition) is 2. The van der Waals surface area contributed by atoms with Crippen LogP contribution in [0.2, 0.25) is 0 Å². The number of ether oxygens (including phenoxy) is 2. The second-order valence-corrected chi connectivity index (χ2v) is 9.33. The zero-order valence-corrected chi connectivity index (χ0v) is 19.9. The van der Waals surface area contributed by atoms with Crippen LogP contribution in [0.5, 0.6) is 0 Å². The molecule has 2 N–H and O–H groups in total. The van der Waals surface area contributed by atoms with Gasteiger partial charge < -0.3 is 19.7 Å². The molecule has 0 bridgehead atoms. The minimum Gasteiger partial charge on any atom is -0.479 e. The van der Waals surface area contributed by atoms with Crippen LogP contribution in [0.15, 0.2) is 36.4 Å². The molecule has 2 atom stereocenters. The predicted molar refractivity (Wildman–Crippen MR) is 126 cm³/mol. The predicted octanol–water partition coefficient (Wildman–Crippen LogP) is 5.39. The maximum atomic E-state index is 14.7. The van der Waals surface area contributed by atoms with E-state index in [1.165, 1.54) is 50.2 Å². The van der Waals surface area contributed by atoms with Crippen LogP contribution in [-0.4, -0.2) is 34.4 Å². The van der Waals surface area contributed by atoms with E-state index in [0.29, 0.717) is 11.5 Å². The van der Waals surface area contributed by atoms with E-state index in [0.717, 1.165) is 12.0 Å². The zero-order chi connectivity index (χ0) is 25.8. The molecule has 8 heteroatoms. The van der Waals surface area contributed by atoms with Crippen molar-refractivity contribution in [1.29, 1.82) is 0 Å². The number of benzene rings is 2. The normalized spacial score (nSPS) is 24.2. The fourth-order valence-corrected chi connectivity index (χ4v) is 4.98. The lowest BCUT2D eigenvalue weighted by molar-refractivity contribution is -0.156. The minimum atomic E-state index is -1.84. The van der Waals surface area contributed by atoms with Gasteiger partial charge in [-0.3, -0.25) is 0 Å². The van der Waals surface area contributed by atoms with Crippen molar-refractivity contribution in [2.45, 2.75) is 69.9 Å². The summed E-state index contributed by atoms with van der Waals surface area (Å²) < 4.78 is 39.5. The van der Waals surface area contributed by atoms with Gasteiger partial charge in [0.05, 0.1) is 5.56 Å². The lowest BCUT2D eigenvalue weighted by Gasteiger charge is -2.28. The van der Waals surface area contributed by atoms with Crippen molar-refractivity contribution in [1.82, 2.24) is 0 Å². The molecule has 190 valence electrons. The Balaban J connectivity index is 1.45. The van der Waals surface area contributed by atoms with Crippen molar-refractivity contribution < 1.29 is 38.1 Å². The molecule has 6 nitrogen and oxygen atoms in total. The van der Waals surface area contributed by atoms with Crippen LogP contribution < -0.4 is 0 Å². The average Bonchev–Trinajstić information content (AvgIpc) is 3.32. The van der Waals surface area contributed by atoms with Crippen molar-refractivity contribution in [3.63, 3.8) is 0 Å². The van der Waals surface area contributed by atoms with Crippen molar-refractivity contribution in [2.75, 3.05) is 0 Å². The van der Waals surface area contributed by atoms with Gasteiger partial charge >= 0.3 is 11.9 Å². The van der Waals surface area contributed by atoms with Crippen molar-refractivity contribution in [3.05, 3.63) is 70.3 Å². The van der Waals surface area contributed by atoms with Gasteiger partial charge in [-0.05, 0) is 67.3 Å². The molecule has 2 fully saturated rings. The highest BCUT2D eigenvalue weighted by molar-refractivity contribution is 5.84. The fraction of sp³-hybridized carbons (Fsp3) is 0.429. The second-order valence-electron chi connectivity index (χ2n) is 9.33. The molecule has 0 amide bonds. The standard InChI is InChI=1S/C28H28F2O6/c1-2-3-16-4-9-18(10-5-16)19-11-6-17(7-12-19)8-13-20-14-15-21(23(30)22(20)29)28-35-24(26(31)32)25(36-28)27(33)34/h6-7,11-12,14-16,18,24-25,28H,2-5,9-10H2,1H3,(H,31,32)(H,33,34)/t16?,18?,24-,25-/m1/s1. The maximum Gasteiger partial charge on any atom is 0.336 e. The highest BCUT2D eigenvalue weighted by Gasteiger charge is 2.47. The Kier molecular flexibility index (Phi) is 8.02. The van der Waals surface area contributed by atoms with E-state index in [4.69, 9.17) is 19.7 Å². The van der Waals surface area contributed by atoms with Crippen LogP contribution in [0, 0.1) is 29.4 Å². The summed E-state index contributed by atoms with van der Waals surface area (Å²) in [6, 6.07) is 10.2. The van der Waals surface area contributed by atoms with Gasteiger partial charge in [0.25, 0.3) is 0 Å². The first-order chi connectivity index (χ1) is 17.3. The molecule has 1 saturated carbocycles. The smallest absolute Gasteiger partial charge is 0.336 e. The van der Waals surface area contributed by atoms with Crippen LogP contribution in [0.4, 0.5) is 8.78 Å². The fourth-order valence-electron chi connectivity index (χ4n) is 4.98. The molecule has 4 rings (SSSR count). The highest BCUT2D eigenvalue weighted by atomic mass is 19.2. The van der Waals surface area contributed by atoms with Crippen molar-refractivity contribution in [3.8, 4) is 11.8 Å². The summed E-state index contributed by atoms with van der Waals surface area (Å²) in [4.78, 5) is 22.4. The van der Waals surface area contributed by atoms with Crippen LogP contribution in [0.3, 0.4) is 0 Å². The molecule has 36 heavy (non-hydrogen) atoms. The molecule has 0 spiro atoms. The Morgan fingerprint density at radius 1 is 0.889 bits per heavy atom. The third-order valence-electron chi connectivity index (χ3n) is 6.94. The molecule has 2 aliphatic rings. The molecular weight excluding hydrogens is 470 g/mol. The lowest BCUT2D eigenvalue weighted by atomic mass is 9.77. The lowest BCUT2D eigenvalue weighted by Crippen LogP contribution is -2.36. The summed E-state index contributed by atoms with van der Waals surface area (Å²) in [5.74, 6) is 1.10. The largest absolute Gasteiger partial charge is 0.479 e. The van der Waals surface area contributed by atoms with Crippen molar-refractivity contribution in [2.24, 2.45) is 5.92 Å². The topological polar surface area (TPSA) is 93.1 Å². The maximum absolute atomic E-state index is 14.7. The average molecular weight is 499 g/mol. The van der Waals surface area contributed by atoms with E-state index in [1.807, 2.05) is 24.3 Å². The van der Waals surface area contributed by atoms with Gasteiger partial charge in [0.2, 0.25) is 0 Å². The number of carboxylic acids is 2. The van der Waals surface area contributed by atoms with Gasteiger partial charge in [-0.1, -0.05) is 43.7 Å². The first kappa shape index (κ1) is 25.8. The molecule has 0 unspecified atom stereocenters.